The standard InChI is InChI=1S/C17H18N4/c1-12-5-4-10-21-16(12)19-17(20-21)18-15-9-8-13-6-2-3-7-14(13)11-15/h2-7,10,15H,8-9,11H2,1H3,(H,18,20). The Balaban J connectivity index is 1.57. The van der Waals surface area contributed by atoms with Gasteiger partial charge in [-0.05, 0) is 48.9 Å². The number of anilines is 1. The molecule has 3 aromatic rings. The maximum Gasteiger partial charge on any atom is 0.243 e. The van der Waals surface area contributed by atoms with Crippen LogP contribution >= 0.6 is 0 Å². The first-order valence-electron chi connectivity index (χ1n) is 7.45. The van der Waals surface area contributed by atoms with Crippen molar-refractivity contribution in [2.24, 2.45) is 0 Å². The van der Waals surface area contributed by atoms with Gasteiger partial charge < -0.3 is 5.32 Å². The molecule has 106 valence electrons. The van der Waals surface area contributed by atoms with Gasteiger partial charge >= 0.3 is 0 Å². The first-order valence-corrected chi connectivity index (χ1v) is 7.45. The second kappa shape index (κ2) is 4.88. The lowest BCUT2D eigenvalue weighted by molar-refractivity contribution is 0.606. The zero-order chi connectivity index (χ0) is 14.2. The molecule has 1 unspecified atom stereocenters. The number of pyridine rings is 1. The van der Waals surface area contributed by atoms with E-state index >= 15 is 0 Å². The van der Waals surface area contributed by atoms with E-state index in [0.29, 0.717) is 6.04 Å². The highest BCUT2D eigenvalue weighted by atomic mass is 15.3. The molecule has 1 aliphatic rings. The average molecular weight is 278 g/mol. The number of rotatable bonds is 2. The van der Waals surface area contributed by atoms with E-state index in [1.165, 1.54) is 11.1 Å². The Labute approximate surface area is 123 Å². The third-order valence-corrected chi connectivity index (χ3v) is 4.24. The van der Waals surface area contributed by atoms with Gasteiger partial charge in [-0.25, -0.2) is 4.52 Å². The minimum Gasteiger partial charge on any atom is -0.350 e. The first kappa shape index (κ1) is 12.4. The molecule has 1 atom stereocenters. The molecule has 4 nitrogen and oxygen atoms in total. The third kappa shape index (κ3) is 2.27. The van der Waals surface area contributed by atoms with Gasteiger partial charge in [0, 0.05) is 12.2 Å². The number of hydrogen-bond donors (Lipinski definition) is 1. The van der Waals surface area contributed by atoms with E-state index in [-0.39, 0.29) is 0 Å². The number of fused-ring (bicyclic) bond motifs is 2. The van der Waals surface area contributed by atoms with Crippen molar-refractivity contribution in [1.82, 2.24) is 14.6 Å². The lowest BCUT2D eigenvalue weighted by Gasteiger charge is -2.24. The monoisotopic (exact) mass is 278 g/mol. The maximum atomic E-state index is 4.60. The van der Waals surface area contributed by atoms with Crippen LogP contribution in [0.1, 0.15) is 23.1 Å². The SMILES string of the molecule is Cc1cccn2nc(NC3CCc4ccccc4C3)nc12. The fraction of sp³-hybridized carbons (Fsp3) is 0.294. The van der Waals surface area contributed by atoms with E-state index in [0.717, 1.165) is 36.4 Å². The zero-order valence-corrected chi connectivity index (χ0v) is 12.1. The Morgan fingerprint density at radius 1 is 1.14 bits per heavy atom. The van der Waals surface area contributed by atoms with Crippen molar-refractivity contribution in [2.45, 2.75) is 32.2 Å². The summed E-state index contributed by atoms with van der Waals surface area (Å²) in [6.07, 6.45) is 5.24. The lowest BCUT2D eigenvalue weighted by Crippen LogP contribution is -2.27. The molecule has 0 saturated heterocycles. The summed E-state index contributed by atoms with van der Waals surface area (Å²) in [5, 5.41) is 8.01. The van der Waals surface area contributed by atoms with Crippen molar-refractivity contribution < 1.29 is 0 Å². The van der Waals surface area contributed by atoms with Gasteiger partial charge in [0.1, 0.15) is 0 Å². The van der Waals surface area contributed by atoms with E-state index in [2.05, 4.69) is 52.7 Å². The Hall–Kier alpha value is -2.36. The molecule has 0 bridgehead atoms. The van der Waals surface area contributed by atoms with Crippen molar-refractivity contribution in [2.75, 3.05) is 5.32 Å². The van der Waals surface area contributed by atoms with Gasteiger partial charge in [-0.2, -0.15) is 4.98 Å². The van der Waals surface area contributed by atoms with Gasteiger partial charge in [0.2, 0.25) is 5.95 Å². The maximum absolute atomic E-state index is 4.60. The normalized spacial score (nSPS) is 17.7. The van der Waals surface area contributed by atoms with Crippen LogP contribution in [-0.2, 0) is 12.8 Å². The predicted octanol–water partition coefficient (Wildman–Crippen LogP) is 3.01. The van der Waals surface area contributed by atoms with Gasteiger partial charge in [-0.15, -0.1) is 5.10 Å². The van der Waals surface area contributed by atoms with Gasteiger partial charge in [0.25, 0.3) is 0 Å². The van der Waals surface area contributed by atoms with E-state index in [4.69, 9.17) is 0 Å². The van der Waals surface area contributed by atoms with Crippen LogP contribution in [0.5, 0.6) is 0 Å². The number of benzene rings is 1. The summed E-state index contributed by atoms with van der Waals surface area (Å²) in [5.74, 6) is 0.730. The van der Waals surface area contributed by atoms with Crippen LogP contribution in [0, 0.1) is 6.92 Å². The van der Waals surface area contributed by atoms with Crippen LogP contribution in [0.3, 0.4) is 0 Å². The molecule has 0 aliphatic heterocycles. The lowest BCUT2D eigenvalue weighted by atomic mass is 9.88. The largest absolute Gasteiger partial charge is 0.350 e. The highest BCUT2D eigenvalue weighted by Crippen LogP contribution is 2.23. The van der Waals surface area contributed by atoms with Crippen molar-refractivity contribution in [1.29, 1.82) is 0 Å². The quantitative estimate of drug-likeness (QED) is 0.783. The minimum absolute atomic E-state index is 0.414. The van der Waals surface area contributed by atoms with Gasteiger partial charge in [-0.1, -0.05) is 30.3 Å². The molecule has 1 aliphatic carbocycles. The summed E-state index contributed by atoms with van der Waals surface area (Å²) in [5.41, 5.74) is 5.00. The summed E-state index contributed by atoms with van der Waals surface area (Å²) in [7, 11) is 0. The van der Waals surface area contributed by atoms with Crippen LogP contribution in [0.15, 0.2) is 42.6 Å². The van der Waals surface area contributed by atoms with Crippen molar-refractivity contribution in [3.05, 3.63) is 59.3 Å². The molecule has 4 rings (SSSR count). The highest BCUT2D eigenvalue weighted by molar-refractivity contribution is 5.50. The topological polar surface area (TPSA) is 42.2 Å². The van der Waals surface area contributed by atoms with E-state index in [1.807, 2.05) is 16.8 Å². The van der Waals surface area contributed by atoms with Gasteiger partial charge in [0.05, 0.1) is 0 Å². The Morgan fingerprint density at radius 3 is 2.86 bits per heavy atom. The zero-order valence-electron chi connectivity index (χ0n) is 12.1. The first-order chi connectivity index (χ1) is 10.3. The summed E-state index contributed by atoms with van der Waals surface area (Å²) < 4.78 is 1.84. The average Bonchev–Trinajstić information content (AvgIpc) is 2.91. The molecular weight excluding hydrogens is 260 g/mol. The van der Waals surface area contributed by atoms with E-state index in [1.54, 1.807) is 0 Å². The van der Waals surface area contributed by atoms with Crippen LogP contribution in [0.4, 0.5) is 5.95 Å². The minimum atomic E-state index is 0.414. The van der Waals surface area contributed by atoms with Crippen molar-refractivity contribution in [3.8, 4) is 0 Å². The van der Waals surface area contributed by atoms with Crippen LogP contribution < -0.4 is 5.32 Å². The van der Waals surface area contributed by atoms with Gasteiger partial charge in [-0.3, -0.25) is 0 Å². The highest BCUT2D eigenvalue weighted by Gasteiger charge is 2.19. The molecule has 0 saturated carbocycles. The van der Waals surface area contributed by atoms with Crippen LogP contribution in [0.25, 0.3) is 5.65 Å². The fourth-order valence-corrected chi connectivity index (χ4v) is 3.10. The van der Waals surface area contributed by atoms with Crippen LogP contribution in [-0.4, -0.2) is 20.6 Å². The summed E-state index contributed by atoms with van der Waals surface area (Å²) in [6.45, 7) is 2.06. The molecule has 1 N–H and O–H groups in total. The smallest absolute Gasteiger partial charge is 0.243 e. The van der Waals surface area contributed by atoms with E-state index in [9.17, 15) is 0 Å². The predicted molar refractivity (Wildman–Crippen MR) is 83.6 cm³/mol. The molecule has 0 amide bonds. The number of nitrogens with zero attached hydrogens (tertiary/aromatic N) is 3. The molecule has 0 fully saturated rings. The van der Waals surface area contributed by atoms with E-state index < -0.39 is 0 Å². The molecule has 2 heterocycles. The Morgan fingerprint density at radius 2 is 2.00 bits per heavy atom. The fourth-order valence-electron chi connectivity index (χ4n) is 3.10. The molecule has 2 aromatic heterocycles. The summed E-state index contributed by atoms with van der Waals surface area (Å²) in [6, 6.07) is 13.2. The third-order valence-electron chi connectivity index (χ3n) is 4.24. The summed E-state index contributed by atoms with van der Waals surface area (Å²) in [4.78, 5) is 4.60. The number of aryl methyl sites for hydroxylation is 2. The number of aromatic nitrogens is 3. The van der Waals surface area contributed by atoms with Gasteiger partial charge in [0.15, 0.2) is 5.65 Å². The van der Waals surface area contributed by atoms with Crippen molar-refractivity contribution >= 4 is 11.6 Å². The van der Waals surface area contributed by atoms with Crippen LogP contribution in [0.2, 0.25) is 0 Å². The molecule has 1 aromatic carbocycles. The molecular formula is C17H18N4. The molecule has 21 heavy (non-hydrogen) atoms. The Bertz CT molecular complexity index is 790. The second-order valence-corrected chi connectivity index (χ2v) is 5.75. The number of hydrogen-bond acceptors (Lipinski definition) is 3. The Kier molecular flexibility index (Phi) is 2.88. The summed E-state index contributed by atoms with van der Waals surface area (Å²) >= 11 is 0. The molecule has 0 radical (unpaired) electrons. The molecule has 4 heteroatoms. The number of nitrogens with one attached hydrogen (secondary N) is 1. The molecule has 0 spiro atoms. The van der Waals surface area contributed by atoms with Crippen molar-refractivity contribution in [3.63, 3.8) is 0 Å². The second-order valence-electron chi connectivity index (χ2n) is 5.75.